The van der Waals surface area contributed by atoms with Crippen LogP contribution in [-0.4, -0.2) is 203 Å². The number of hydrogen-bond acceptors (Lipinski definition) is 36. The van der Waals surface area contributed by atoms with Crippen LogP contribution in [0.5, 0.6) is 46.0 Å². The molecule has 0 aromatic heterocycles. The van der Waals surface area contributed by atoms with E-state index in [9.17, 15) is 76.7 Å². The van der Waals surface area contributed by atoms with Crippen LogP contribution in [0.15, 0.2) is 194 Å². The summed E-state index contributed by atoms with van der Waals surface area (Å²) >= 11 is 0. The molecule has 0 aliphatic heterocycles. The molecular weight excluding hydrogens is 2080 g/mol. The smallest absolute Gasteiger partial charge is 0.497 e. The van der Waals surface area contributed by atoms with E-state index in [1.54, 1.807) is 101 Å². The van der Waals surface area contributed by atoms with E-state index >= 15 is 0 Å². The van der Waals surface area contributed by atoms with Crippen LogP contribution in [0, 0.1) is 0 Å². The standard InChI is InChI=1S/C28H37NO9P2.C26H33NO9P2.2C24H27NO9.2V/c1-20(30)35-17-5-3-4-6-18-36-28(33)37-24-14-9-22(10-15-24)19-25(27(32)38-40-39)29-26(31)16-11-21-7-12-23(34-2)13-8-21;1-18(28)33-15-3-4-16-34-26(31)35-22-12-7-20(8-13-22)17-23(25(30)36-38-37)27-24(29)14-9-19-5-10-21(32-2)11-6-19;2*1-16(26)32-15-33-24(29)34-20-11-6-18(7-12-20)14-21(23(28)31-3)25-22(27)13-8-17-4-9-19(30-2)10-5-17;;/h7-10,12-15,25,40H,3-6,11,16-19,39H2,1-2H3,(H,29,31);5-8,10-13,23,38H,3-4,9,14-17,37H2,1-2H3,(H,27,29);2*4-7,9-12,21H,8,13-15H2,1-3H3,(H,25,27);;. The number of rotatable bonds is 54. The van der Waals surface area contributed by atoms with E-state index in [4.69, 9.17) is 75.4 Å². The Labute approximate surface area is 889 Å². The van der Waals surface area contributed by atoms with Crippen molar-refractivity contribution in [2.45, 2.75) is 167 Å². The Morgan fingerprint density at radius 2 is 0.446 bits per heavy atom. The number of carbonyl (C=O) groups is 16. The minimum absolute atomic E-state index is 0. The first-order valence-corrected chi connectivity index (χ1v) is 51.1. The summed E-state index contributed by atoms with van der Waals surface area (Å²) in [5.74, 6) is -1.28. The first-order chi connectivity index (χ1) is 70.2. The predicted molar refractivity (Wildman–Crippen MR) is 538 cm³/mol. The molecule has 40 nitrogen and oxygen atoms in total. The van der Waals surface area contributed by atoms with Crippen molar-refractivity contribution in [1.29, 1.82) is 0 Å². The summed E-state index contributed by atoms with van der Waals surface area (Å²) in [5, 5.41) is 10.9. The third-order valence-corrected chi connectivity index (χ3v) is 21.5. The average molecular weight is 2210 g/mol. The molecule has 0 heterocycles. The van der Waals surface area contributed by atoms with Gasteiger partial charge in [0.15, 0.2) is 0 Å². The van der Waals surface area contributed by atoms with Crippen LogP contribution in [-0.2, 0) is 202 Å². The van der Waals surface area contributed by atoms with Crippen molar-refractivity contribution in [2.24, 2.45) is 0 Å². The van der Waals surface area contributed by atoms with Gasteiger partial charge < -0.3 is 116 Å². The number of methoxy groups -OCH3 is 6. The fourth-order valence-electron chi connectivity index (χ4n) is 12.6. The van der Waals surface area contributed by atoms with E-state index in [1.807, 2.05) is 97.1 Å². The van der Waals surface area contributed by atoms with Crippen molar-refractivity contribution in [3.8, 4) is 46.0 Å². The Kier molecular flexibility index (Phi) is 65.5. The van der Waals surface area contributed by atoms with Gasteiger partial charge in [-0.05, 0) is 206 Å². The number of nitrogens with one attached hydrogen (secondary N) is 4. The fourth-order valence-corrected chi connectivity index (χ4v) is 13.8. The van der Waals surface area contributed by atoms with Crippen LogP contribution in [0.3, 0.4) is 0 Å². The molecule has 4 N–H and O–H groups in total. The molecule has 8 rings (SSSR count). The van der Waals surface area contributed by atoms with Gasteiger partial charge in [0, 0.05) is 116 Å². The van der Waals surface area contributed by atoms with Crippen molar-refractivity contribution < 1.29 is 208 Å². The van der Waals surface area contributed by atoms with Gasteiger partial charge in [0.1, 0.15) is 70.2 Å². The Morgan fingerprint density at radius 1 is 0.250 bits per heavy atom. The molecule has 0 aliphatic rings. The molecule has 798 valence electrons. The summed E-state index contributed by atoms with van der Waals surface area (Å²) in [6.45, 7) is 4.98. The number of unbranched alkanes of at least 4 members (excludes halogenated alkanes) is 4. The number of aryl methyl sites for hydroxylation is 4. The minimum atomic E-state index is -1.04. The first kappa shape index (κ1) is 129. The second-order valence-electron chi connectivity index (χ2n) is 31.1. The number of benzene rings is 8. The Morgan fingerprint density at radius 3 is 0.655 bits per heavy atom. The summed E-state index contributed by atoms with van der Waals surface area (Å²) in [5.41, 5.74) is 6.77. The zero-order valence-electron chi connectivity index (χ0n) is 83.5. The molecule has 0 aliphatic carbocycles. The van der Waals surface area contributed by atoms with Gasteiger partial charge in [-0.1, -0.05) is 115 Å². The monoisotopic (exact) mass is 2210 g/mol. The molecule has 2 radical (unpaired) electrons. The maximum absolute atomic E-state index is 12.6. The van der Waals surface area contributed by atoms with Crippen molar-refractivity contribution in [3.63, 3.8) is 0 Å². The Hall–Kier alpha value is -13.4. The van der Waals surface area contributed by atoms with Gasteiger partial charge in [0.05, 0.1) is 86.1 Å². The van der Waals surface area contributed by atoms with E-state index in [0.29, 0.717) is 68.4 Å². The summed E-state index contributed by atoms with van der Waals surface area (Å²) in [7, 11) is 13.3. The molecule has 4 amide bonds. The third-order valence-electron chi connectivity index (χ3n) is 20.2. The molecule has 0 saturated heterocycles. The minimum Gasteiger partial charge on any atom is -0.497 e. The van der Waals surface area contributed by atoms with Gasteiger partial charge in [0.2, 0.25) is 37.2 Å². The van der Waals surface area contributed by atoms with Gasteiger partial charge in [-0.2, -0.15) is 0 Å². The number of ether oxygens (including phenoxy) is 18. The second-order valence-corrected chi connectivity index (χ2v) is 33.4. The molecule has 8 atom stereocenters. The molecule has 46 heteroatoms. The quantitative estimate of drug-likeness (QED) is 0.00687. The fraction of sp³-hybridized carbons (Fsp3) is 0.373. The largest absolute Gasteiger partial charge is 0.516 e. The maximum atomic E-state index is 12.6. The second kappa shape index (κ2) is 75.3. The molecule has 0 saturated carbocycles. The van der Waals surface area contributed by atoms with Crippen molar-refractivity contribution in [1.82, 2.24) is 21.3 Å². The van der Waals surface area contributed by atoms with Crippen LogP contribution in [0.25, 0.3) is 0 Å². The first-order valence-electron chi connectivity index (χ1n) is 45.7. The van der Waals surface area contributed by atoms with E-state index < -0.39 is 98.2 Å². The summed E-state index contributed by atoms with van der Waals surface area (Å²) in [6.07, 6.45) is 4.12. The topological polar surface area (TPSA) is 506 Å². The van der Waals surface area contributed by atoms with Gasteiger partial charge in [-0.3, -0.25) is 38.4 Å². The van der Waals surface area contributed by atoms with Gasteiger partial charge in [-0.15, -0.1) is 0 Å². The van der Waals surface area contributed by atoms with E-state index in [1.165, 1.54) is 66.2 Å². The van der Waals surface area contributed by atoms with Crippen LogP contribution in [0.1, 0.15) is 136 Å². The molecule has 8 aromatic rings. The van der Waals surface area contributed by atoms with Gasteiger partial charge in [0.25, 0.3) is 0 Å². The molecular formula is C102H124N4O36P4V2. The summed E-state index contributed by atoms with van der Waals surface area (Å²) < 4.78 is 98.6. The zero-order valence-corrected chi connectivity index (χ0v) is 90.6. The summed E-state index contributed by atoms with van der Waals surface area (Å²) in [6, 6.07) is 51.8. The summed E-state index contributed by atoms with van der Waals surface area (Å²) in [4.78, 5) is 189. The number of amides is 4. The van der Waals surface area contributed by atoms with Crippen molar-refractivity contribution in [3.05, 3.63) is 239 Å². The normalized spacial score (nSPS) is 11.1. The molecule has 8 aromatic carbocycles. The Bertz CT molecular complexity index is 5250. The zero-order chi connectivity index (χ0) is 107. The van der Waals surface area contributed by atoms with E-state index in [2.05, 4.69) is 58.1 Å². The predicted octanol–water partition coefficient (Wildman–Crippen LogP) is 14.2. The SMILES string of the molecule is COC(=O)C(Cc1ccc(OC(=O)OCOC(C)=O)cc1)NC(=O)CCc1ccc(OC)cc1.COC(=O)C(Cc1ccc(OC(=O)OCOC(C)=O)cc1)NC(=O)CCc1ccc(OC)cc1.COc1ccc(CCC(=O)NC(Cc2ccc(OC(=O)OCCCCCCOC(C)=O)cc2)C(=O)OPP)cc1.COc1ccc(CCC(=O)NC(Cc2ccc(OC(=O)OCCCCOC(C)=O)cc2)C(=O)OPP)cc1.[V].[V]. The molecule has 0 spiro atoms. The molecule has 148 heavy (non-hydrogen) atoms. The van der Waals surface area contributed by atoms with Crippen molar-refractivity contribution in [2.75, 3.05) is 82.7 Å². The number of carbonyl (C=O) groups excluding carboxylic acids is 16. The maximum Gasteiger partial charge on any atom is 0.516 e. The van der Waals surface area contributed by atoms with Gasteiger partial charge in [-0.25, -0.2) is 38.4 Å². The number of hydrogen-bond donors (Lipinski definition) is 4. The van der Waals surface area contributed by atoms with Crippen LogP contribution < -0.4 is 59.2 Å². The van der Waals surface area contributed by atoms with Crippen molar-refractivity contribution >= 4 is 131 Å². The van der Waals surface area contributed by atoms with E-state index in [0.717, 1.165) is 75.6 Å². The third kappa shape index (κ3) is 57.0. The molecule has 0 bridgehead atoms. The van der Waals surface area contributed by atoms with Crippen LogP contribution in [0.4, 0.5) is 19.2 Å². The van der Waals surface area contributed by atoms with E-state index in [-0.39, 0.29) is 178 Å². The van der Waals surface area contributed by atoms with Crippen LogP contribution >= 0.6 is 34.8 Å². The average Bonchev–Trinajstić information content (AvgIpc) is 0.880. The number of esters is 6. The van der Waals surface area contributed by atoms with Crippen LogP contribution in [0.2, 0.25) is 0 Å². The van der Waals surface area contributed by atoms with Gasteiger partial charge >= 0.3 is 72.4 Å². The molecule has 0 fully saturated rings. The molecule has 8 unspecified atom stereocenters. The Balaban J connectivity index is 0.000000506.